The molecule has 2 N–H and O–H groups in total. The number of nitrogens with zero attached hydrogens (tertiary/aromatic N) is 2. The van der Waals surface area contributed by atoms with Crippen molar-refractivity contribution < 1.29 is 13.6 Å². The predicted octanol–water partition coefficient (Wildman–Crippen LogP) is 2.22. The van der Waals surface area contributed by atoms with Gasteiger partial charge in [0.2, 0.25) is 0 Å². The zero-order chi connectivity index (χ0) is 14.0. The summed E-state index contributed by atoms with van der Waals surface area (Å²) in [6, 6.07) is 5.15. The first-order chi connectivity index (χ1) is 9.02. The van der Waals surface area contributed by atoms with E-state index in [9.17, 15) is 13.6 Å². The highest BCUT2D eigenvalue weighted by atomic mass is 19.1. The predicted molar refractivity (Wildman–Crippen MR) is 67.7 cm³/mol. The van der Waals surface area contributed by atoms with Gasteiger partial charge in [0.25, 0.3) is 5.91 Å². The second-order valence-corrected chi connectivity index (χ2v) is 3.90. The van der Waals surface area contributed by atoms with Gasteiger partial charge in [-0.05, 0) is 24.3 Å². The number of benzene rings is 1. The molecule has 0 saturated heterocycles. The number of hydrogen-bond donors (Lipinski definition) is 1. The lowest BCUT2D eigenvalue weighted by atomic mass is 10.1. The maximum Gasteiger partial charge on any atom is 0.264 e. The van der Waals surface area contributed by atoms with E-state index in [1.54, 1.807) is 12.1 Å². The Labute approximate surface area is 108 Å². The standard InChI is InChI=1S/C13H11F2N3O/c1-18(8-4-6-17-7-5-8)13(19)11-9(14)2-3-10(16)12(11)15/h2-7H,16H2,1H3. The Bertz CT molecular complexity index is 617. The van der Waals surface area contributed by atoms with E-state index in [2.05, 4.69) is 4.98 Å². The molecule has 1 amide bonds. The van der Waals surface area contributed by atoms with E-state index in [1.807, 2.05) is 0 Å². The summed E-state index contributed by atoms with van der Waals surface area (Å²) in [5.74, 6) is -2.81. The average Bonchev–Trinajstić information content (AvgIpc) is 2.43. The minimum absolute atomic E-state index is 0.270. The van der Waals surface area contributed by atoms with Gasteiger partial charge in [-0.3, -0.25) is 9.78 Å². The van der Waals surface area contributed by atoms with Crippen LogP contribution in [0.25, 0.3) is 0 Å². The van der Waals surface area contributed by atoms with Crippen LogP contribution in [0, 0.1) is 11.6 Å². The molecule has 1 heterocycles. The fourth-order valence-corrected chi connectivity index (χ4v) is 1.62. The van der Waals surface area contributed by atoms with Crippen LogP contribution in [0.4, 0.5) is 20.2 Å². The first-order valence-electron chi connectivity index (χ1n) is 5.44. The number of carbonyl (C=O) groups excluding carboxylic acids is 1. The van der Waals surface area contributed by atoms with Gasteiger partial charge in [0.05, 0.1) is 5.69 Å². The van der Waals surface area contributed by atoms with E-state index >= 15 is 0 Å². The Morgan fingerprint density at radius 3 is 2.47 bits per heavy atom. The van der Waals surface area contributed by atoms with Gasteiger partial charge in [0.1, 0.15) is 11.4 Å². The van der Waals surface area contributed by atoms with Crippen LogP contribution in [0.3, 0.4) is 0 Å². The molecule has 4 nitrogen and oxygen atoms in total. The van der Waals surface area contributed by atoms with Crippen LogP contribution in [0.5, 0.6) is 0 Å². The highest BCUT2D eigenvalue weighted by Crippen LogP contribution is 2.22. The number of hydrogen-bond acceptors (Lipinski definition) is 3. The zero-order valence-corrected chi connectivity index (χ0v) is 10.1. The normalized spacial score (nSPS) is 10.3. The number of rotatable bonds is 2. The number of halogens is 2. The molecule has 0 bridgehead atoms. The van der Waals surface area contributed by atoms with Crippen molar-refractivity contribution in [3.05, 3.63) is 53.9 Å². The molecule has 2 aromatic rings. The minimum Gasteiger partial charge on any atom is -0.396 e. The van der Waals surface area contributed by atoms with Crippen LogP contribution in [-0.4, -0.2) is 17.9 Å². The smallest absolute Gasteiger partial charge is 0.264 e. The average molecular weight is 263 g/mol. The van der Waals surface area contributed by atoms with E-state index in [4.69, 9.17) is 5.73 Å². The van der Waals surface area contributed by atoms with Crippen molar-refractivity contribution in [2.75, 3.05) is 17.7 Å². The first-order valence-corrected chi connectivity index (χ1v) is 5.44. The summed E-state index contributed by atoms with van der Waals surface area (Å²) in [4.78, 5) is 17.0. The Morgan fingerprint density at radius 1 is 1.21 bits per heavy atom. The molecule has 6 heteroatoms. The van der Waals surface area contributed by atoms with E-state index in [0.29, 0.717) is 5.69 Å². The Hall–Kier alpha value is -2.50. The number of amides is 1. The molecule has 0 unspecified atom stereocenters. The van der Waals surface area contributed by atoms with Crippen LogP contribution in [0.1, 0.15) is 10.4 Å². The molecule has 0 radical (unpaired) electrons. The number of nitrogens with two attached hydrogens (primary N) is 1. The lowest BCUT2D eigenvalue weighted by Crippen LogP contribution is -2.28. The summed E-state index contributed by atoms with van der Waals surface area (Å²) in [5.41, 5.74) is 4.88. The van der Waals surface area contributed by atoms with E-state index in [-0.39, 0.29) is 5.69 Å². The highest BCUT2D eigenvalue weighted by molar-refractivity contribution is 6.06. The topological polar surface area (TPSA) is 59.2 Å². The summed E-state index contributed by atoms with van der Waals surface area (Å²) in [6.07, 6.45) is 2.95. The molecule has 0 fully saturated rings. The SMILES string of the molecule is CN(C(=O)c1c(F)ccc(N)c1F)c1ccncc1. The summed E-state index contributed by atoms with van der Waals surface area (Å²) in [5, 5.41) is 0. The third kappa shape index (κ3) is 2.37. The van der Waals surface area contributed by atoms with Crippen LogP contribution >= 0.6 is 0 Å². The van der Waals surface area contributed by atoms with Gasteiger partial charge in [-0.25, -0.2) is 8.78 Å². The lowest BCUT2D eigenvalue weighted by Gasteiger charge is -2.18. The second-order valence-electron chi connectivity index (χ2n) is 3.90. The van der Waals surface area contributed by atoms with Crippen molar-refractivity contribution in [3.8, 4) is 0 Å². The van der Waals surface area contributed by atoms with Gasteiger partial charge in [-0.15, -0.1) is 0 Å². The summed E-state index contributed by atoms with van der Waals surface area (Å²) in [7, 11) is 1.42. The van der Waals surface area contributed by atoms with Crippen molar-refractivity contribution in [2.24, 2.45) is 0 Å². The van der Waals surface area contributed by atoms with Gasteiger partial charge in [-0.2, -0.15) is 0 Å². The lowest BCUT2D eigenvalue weighted by molar-refractivity contribution is 0.0985. The molecule has 1 aromatic carbocycles. The fourth-order valence-electron chi connectivity index (χ4n) is 1.62. The van der Waals surface area contributed by atoms with E-state index < -0.39 is 23.1 Å². The molecule has 98 valence electrons. The summed E-state index contributed by atoms with van der Waals surface area (Å²) < 4.78 is 27.4. The maximum atomic E-state index is 13.8. The van der Waals surface area contributed by atoms with Gasteiger partial charge >= 0.3 is 0 Å². The maximum absolute atomic E-state index is 13.8. The van der Waals surface area contributed by atoms with Crippen LogP contribution in [0.15, 0.2) is 36.7 Å². The van der Waals surface area contributed by atoms with Gasteiger partial charge < -0.3 is 10.6 Å². The van der Waals surface area contributed by atoms with Crippen molar-refractivity contribution >= 4 is 17.3 Å². The number of aromatic nitrogens is 1. The van der Waals surface area contributed by atoms with Gasteiger partial charge in [0.15, 0.2) is 5.82 Å². The third-order valence-corrected chi connectivity index (χ3v) is 2.69. The highest BCUT2D eigenvalue weighted by Gasteiger charge is 2.23. The van der Waals surface area contributed by atoms with Crippen LogP contribution in [-0.2, 0) is 0 Å². The van der Waals surface area contributed by atoms with Gasteiger partial charge in [-0.1, -0.05) is 0 Å². The molecule has 0 aliphatic carbocycles. The molecular formula is C13H11F2N3O. The number of pyridine rings is 1. The Balaban J connectivity index is 2.43. The second kappa shape index (κ2) is 5.01. The summed E-state index contributed by atoms with van der Waals surface area (Å²) >= 11 is 0. The molecule has 0 atom stereocenters. The molecular weight excluding hydrogens is 252 g/mol. The molecule has 1 aromatic heterocycles. The fraction of sp³-hybridized carbons (Fsp3) is 0.0769. The number of nitrogen functional groups attached to an aromatic ring is 1. The number of carbonyl (C=O) groups is 1. The largest absolute Gasteiger partial charge is 0.396 e. The molecule has 0 spiro atoms. The van der Waals surface area contributed by atoms with Crippen LogP contribution in [0.2, 0.25) is 0 Å². The Kier molecular flexibility index (Phi) is 3.41. The number of anilines is 2. The quantitative estimate of drug-likeness (QED) is 0.845. The van der Waals surface area contributed by atoms with Crippen molar-refractivity contribution in [3.63, 3.8) is 0 Å². The van der Waals surface area contributed by atoms with E-state index in [0.717, 1.165) is 17.0 Å². The molecule has 0 aliphatic rings. The molecule has 19 heavy (non-hydrogen) atoms. The third-order valence-electron chi connectivity index (χ3n) is 2.69. The van der Waals surface area contributed by atoms with Crippen LogP contribution < -0.4 is 10.6 Å². The van der Waals surface area contributed by atoms with Crippen molar-refractivity contribution in [2.45, 2.75) is 0 Å². The Morgan fingerprint density at radius 2 is 1.84 bits per heavy atom. The van der Waals surface area contributed by atoms with Gasteiger partial charge in [0, 0.05) is 25.1 Å². The first kappa shape index (κ1) is 12.9. The zero-order valence-electron chi connectivity index (χ0n) is 10.1. The van der Waals surface area contributed by atoms with Crippen molar-refractivity contribution in [1.82, 2.24) is 4.98 Å². The van der Waals surface area contributed by atoms with Crippen molar-refractivity contribution in [1.29, 1.82) is 0 Å². The molecule has 2 rings (SSSR count). The molecule has 0 aliphatic heterocycles. The monoisotopic (exact) mass is 263 g/mol. The minimum atomic E-state index is -1.05. The molecule has 0 saturated carbocycles. The summed E-state index contributed by atoms with van der Waals surface area (Å²) in [6.45, 7) is 0. The van der Waals surface area contributed by atoms with E-state index in [1.165, 1.54) is 19.4 Å².